The fourth-order valence-corrected chi connectivity index (χ4v) is 3.07. The van der Waals surface area contributed by atoms with Crippen LogP contribution in [-0.2, 0) is 11.3 Å². The van der Waals surface area contributed by atoms with E-state index in [2.05, 4.69) is 15.3 Å². The molecule has 26 heavy (non-hydrogen) atoms. The standard InChI is InChI=1S/C18H23N5O3/c1-14(22-13-17(11-19-22)23(25)26)18(24)20-16-7-5-15(6-8-16)12-21-9-3-2-4-10-21/h5-8,11,13-14H,2-4,9-10,12H2,1H3,(H,20,24). The summed E-state index contributed by atoms with van der Waals surface area (Å²) >= 11 is 0. The van der Waals surface area contributed by atoms with E-state index in [9.17, 15) is 14.9 Å². The van der Waals surface area contributed by atoms with Gasteiger partial charge in [0.05, 0.1) is 4.92 Å². The van der Waals surface area contributed by atoms with E-state index in [-0.39, 0.29) is 11.6 Å². The SMILES string of the molecule is CC(C(=O)Nc1ccc(CN2CCCCC2)cc1)n1cc([N+](=O)[O-])cn1. The van der Waals surface area contributed by atoms with Gasteiger partial charge in [0, 0.05) is 12.2 Å². The van der Waals surface area contributed by atoms with Gasteiger partial charge in [-0.15, -0.1) is 0 Å². The Balaban J connectivity index is 1.57. The van der Waals surface area contributed by atoms with E-state index in [1.807, 2.05) is 24.3 Å². The van der Waals surface area contributed by atoms with Crippen LogP contribution >= 0.6 is 0 Å². The lowest BCUT2D eigenvalue weighted by Crippen LogP contribution is -2.29. The summed E-state index contributed by atoms with van der Waals surface area (Å²) in [6.07, 6.45) is 6.24. The molecule has 1 aromatic carbocycles. The molecule has 0 saturated carbocycles. The molecule has 0 spiro atoms. The summed E-state index contributed by atoms with van der Waals surface area (Å²) < 4.78 is 1.29. The second kappa shape index (κ2) is 8.09. The topological polar surface area (TPSA) is 93.3 Å². The van der Waals surface area contributed by atoms with Crippen molar-refractivity contribution < 1.29 is 9.72 Å². The highest BCUT2D eigenvalue weighted by Crippen LogP contribution is 2.17. The van der Waals surface area contributed by atoms with Gasteiger partial charge in [-0.1, -0.05) is 18.6 Å². The van der Waals surface area contributed by atoms with E-state index in [0.29, 0.717) is 5.69 Å². The third-order valence-electron chi connectivity index (χ3n) is 4.65. The Kier molecular flexibility index (Phi) is 5.62. The molecular weight excluding hydrogens is 334 g/mol. The van der Waals surface area contributed by atoms with E-state index in [0.717, 1.165) is 25.8 Å². The molecule has 1 aromatic heterocycles. The number of nitrogens with zero attached hydrogens (tertiary/aromatic N) is 4. The summed E-state index contributed by atoms with van der Waals surface area (Å²) in [5, 5.41) is 17.4. The minimum atomic E-state index is -0.642. The second-order valence-corrected chi connectivity index (χ2v) is 6.63. The van der Waals surface area contributed by atoms with Crippen LogP contribution in [-0.4, -0.2) is 38.6 Å². The fraction of sp³-hybridized carbons (Fsp3) is 0.444. The summed E-state index contributed by atoms with van der Waals surface area (Å²) in [4.78, 5) is 25.0. The Morgan fingerprint density at radius 3 is 2.58 bits per heavy atom. The molecule has 2 aromatic rings. The Labute approximate surface area is 151 Å². The molecule has 1 atom stereocenters. The average Bonchev–Trinajstić information content (AvgIpc) is 3.14. The number of nitro groups is 1. The number of benzene rings is 1. The summed E-state index contributed by atoms with van der Waals surface area (Å²) in [7, 11) is 0. The normalized spacial score (nSPS) is 16.2. The van der Waals surface area contributed by atoms with Crippen molar-refractivity contribution in [2.24, 2.45) is 0 Å². The first-order valence-electron chi connectivity index (χ1n) is 8.83. The van der Waals surface area contributed by atoms with Crippen molar-refractivity contribution in [3.8, 4) is 0 Å². The molecule has 0 aliphatic carbocycles. The molecule has 0 bridgehead atoms. The summed E-state index contributed by atoms with van der Waals surface area (Å²) in [6, 6.07) is 7.17. The van der Waals surface area contributed by atoms with Crippen molar-refractivity contribution >= 4 is 17.3 Å². The van der Waals surface area contributed by atoms with E-state index in [1.165, 1.54) is 35.7 Å². The molecule has 1 aliphatic heterocycles. The number of rotatable bonds is 6. The minimum Gasteiger partial charge on any atom is -0.324 e. The van der Waals surface area contributed by atoms with Crippen molar-refractivity contribution in [2.75, 3.05) is 18.4 Å². The number of aromatic nitrogens is 2. The number of anilines is 1. The quantitative estimate of drug-likeness (QED) is 0.634. The van der Waals surface area contributed by atoms with Crippen LogP contribution in [0.15, 0.2) is 36.7 Å². The number of hydrogen-bond acceptors (Lipinski definition) is 5. The number of amides is 1. The van der Waals surface area contributed by atoms with E-state index < -0.39 is 11.0 Å². The van der Waals surface area contributed by atoms with E-state index in [4.69, 9.17) is 0 Å². The Hall–Kier alpha value is -2.74. The lowest BCUT2D eigenvalue weighted by Gasteiger charge is -2.26. The number of piperidine rings is 1. The van der Waals surface area contributed by atoms with Crippen molar-refractivity contribution in [3.63, 3.8) is 0 Å². The zero-order chi connectivity index (χ0) is 18.5. The highest BCUT2D eigenvalue weighted by molar-refractivity contribution is 5.93. The predicted octanol–water partition coefficient (Wildman–Crippen LogP) is 2.98. The van der Waals surface area contributed by atoms with Gasteiger partial charge in [-0.25, -0.2) is 0 Å². The van der Waals surface area contributed by atoms with Crippen LogP contribution in [0.1, 0.15) is 37.8 Å². The Bertz CT molecular complexity index is 765. The van der Waals surface area contributed by atoms with Gasteiger partial charge in [-0.05, 0) is 50.6 Å². The largest absolute Gasteiger partial charge is 0.324 e. The number of carbonyl (C=O) groups excluding carboxylic acids is 1. The molecule has 1 fully saturated rings. The lowest BCUT2D eigenvalue weighted by atomic mass is 10.1. The highest BCUT2D eigenvalue weighted by Gasteiger charge is 2.19. The summed E-state index contributed by atoms with van der Waals surface area (Å²) in [5.74, 6) is -0.272. The minimum absolute atomic E-state index is 0.133. The molecule has 1 unspecified atom stereocenters. The van der Waals surface area contributed by atoms with Gasteiger partial charge in [-0.2, -0.15) is 5.10 Å². The Morgan fingerprint density at radius 2 is 1.96 bits per heavy atom. The highest BCUT2D eigenvalue weighted by atomic mass is 16.6. The molecule has 138 valence electrons. The lowest BCUT2D eigenvalue weighted by molar-refractivity contribution is -0.385. The maximum Gasteiger partial charge on any atom is 0.307 e. The Morgan fingerprint density at radius 1 is 1.27 bits per heavy atom. The maximum absolute atomic E-state index is 12.3. The number of nitrogens with one attached hydrogen (secondary N) is 1. The smallest absolute Gasteiger partial charge is 0.307 e. The van der Waals surface area contributed by atoms with Crippen LogP contribution in [0.2, 0.25) is 0 Å². The van der Waals surface area contributed by atoms with E-state index in [1.54, 1.807) is 6.92 Å². The van der Waals surface area contributed by atoms with Gasteiger partial charge in [0.15, 0.2) is 0 Å². The zero-order valence-electron chi connectivity index (χ0n) is 14.8. The third kappa shape index (κ3) is 4.45. The van der Waals surface area contributed by atoms with Gasteiger partial charge >= 0.3 is 5.69 Å². The molecule has 0 radical (unpaired) electrons. The van der Waals surface area contributed by atoms with Crippen LogP contribution in [0.5, 0.6) is 0 Å². The number of likely N-dealkylation sites (tertiary alicyclic amines) is 1. The van der Waals surface area contributed by atoms with Crippen molar-refractivity contribution in [1.29, 1.82) is 0 Å². The molecule has 1 saturated heterocycles. The fourth-order valence-electron chi connectivity index (χ4n) is 3.07. The molecule has 1 amide bonds. The first kappa shape index (κ1) is 18.1. The third-order valence-corrected chi connectivity index (χ3v) is 4.65. The summed E-state index contributed by atoms with van der Waals surface area (Å²) in [6.45, 7) is 4.87. The maximum atomic E-state index is 12.3. The van der Waals surface area contributed by atoms with Crippen LogP contribution in [0.25, 0.3) is 0 Å². The van der Waals surface area contributed by atoms with Crippen molar-refractivity contribution in [1.82, 2.24) is 14.7 Å². The predicted molar refractivity (Wildman–Crippen MR) is 97.8 cm³/mol. The monoisotopic (exact) mass is 357 g/mol. The van der Waals surface area contributed by atoms with Crippen LogP contribution in [0, 0.1) is 10.1 Å². The van der Waals surface area contributed by atoms with E-state index >= 15 is 0 Å². The zero-order valence-corrected chi connectivity index (χ0v) is 14.8. The molecule has 8 heteroatoms. The second-order valence-electron chi connectivity index (χ2n) is 6.63. The summed E-state index contributed by atoms with van der Waals surface area (Å²) in [5.41, 5.74) is 1.79. The van der Waals surface area contributed by atoms with Crippen molar-refractivity contribution in [3.05, 3.63) is 52.3 Å². The number of carbonyl (C=O) groups is 1. The molecule has 8 nitrogen and oxygen atoms in total. The molecule has 3 rings (SSSR count). The van der Waals surface area contributed by atoms with Crippen LogP contribution < -0.4 is 5.32 Å². The molecule has 2 heterocycles. The van der Waals surface area contributed by atoms with Gasteiger partial charge in [0.25, 0.3) is 0 Å². The molecular formula is C18H23N5O3. The van der Waals surface area contributed by atoms with Gasteiger partial charge in [0.2, 0.25) is 5.91 Å². The number of hydrogen-bond donors (Lipinski definition) is 1. The van der Waals surface area contributed by atoms with Gasteiger partial charge < -0.3 is 5.32 Å². The van der Waals surface area contributed by atoms with Gasteiger partial charge in [0.1, 0.15) is 18.4 Å². The van der Waals surface area contributed by atoms with Crippen LogP contribution in [0.4, 0.5) is 11.4 Å². The first-order valence-corrected chi connectivity index (χ1v) is 8.83. The molecule has 1 N–H and O–H groups in total. The first-order chi connectivity index (χ1) is 12.5. The van der Waals surface area contributed by atoms with Crippen LogP contribution in [0.3, 0.4) is 0 Å². The average molecular weight is 357 g/mol. The van der Waals surface area contributed by atoms with Crippen molar-refractivity contribution in [2.45, 2.75) is 38.8 Å². The van der Waals surface area contributed by atoms with Gasteiger partial charge in [-0.3, -0.25) is 24.5 Å². The molecule has 1 aliphatic rings.